The molecule has 2 N–H and O–H groups in total. The molecule has 1 amide bonds. The van der Waals surface area contributed by atoms with Gasteiger partial charge in [0.25, 0.3) is 5.91 Å². The highest BCUT2D eigenvalue weighted by molar-refractivity contribution is 6.02. The van der Waals surface area contributed by atoms with Crippen molar-refractivity contribution in [2.75, 3.05) is 36.4 Å². The highest BCUT2D eigenvalue weighted by Gasteiger charge is 2.18. The predicted octanol–water partition coefficient (Wildman–Crippen LogP) is 2.48. The number of rotatable bonds is 4. The first-order chi connectivity index (χ1) is 12.3. The molecule has 0 radical (unpaired) electrons. The molecular formula is C18H25ClN6O. The molecule has 2 fully saturated rings. The number of nitrogens with zero attached hydrogens (tertiary/aromatic N) is 4. The molecule has 0 bridgehead atoms. The number of aromatic nitrogens is 3. The molecule has 0 saturated carbocycles. The summed E-state index contributed by atoms with van der Waals surface area (Å²) in [7, 11) is 0. The first-order valence-corrected chi connectivity index (χ1v) is 9.08. The van der Waals surface area contributed by atoms with Gasteiger partial charge >= 0.3 is 0 Å². The molecule has 0 aromatic carbocycles. The minimum atomic E-state index is -0.196. The number of nitrogens with one attached hydrogen (secondary N) is 2. The minimum Gasteiger partial charge on any atom is -0.357 e. The van der Waals surface area contributed by atoms with Gasteiger partial charge < -0.3 is 15.5 Å². The van der Waals surface area contributed by atoms with Crippen molar-refractivity contribution in [2.24, 2.45) is 0 Å². The summed E-state index contributed by atoms with van der Waals surface area (Å²) in [6.45, 7) is 4.09. The normalized spacial score (nSPS) is 19.8. The van der Waals surface area contributed by atoms with Crippen LogP contribution in [-0.4, -0.2) is 46.9 Å². The van der Waals surface area contributed by atoms with Gasteiger partial charge in [0.15, 0.2) is 5.69 Å². The molecule has 4 rings (SSSR count). The van der Waals surface area contributed by atoms with Crippen molar-refractivity contribution in [1.29, 1.82) is 0 Å². The van der Waals surface area contributed by atoms with Crippen molar-refractivity contribution in [3.05, 3.63) is 36.3 Å². The second kappa shape index (κ2) is 8.51. The van der Waals surface area contributed by atoms with E-state index in [-0.39, 0.29) is 18.3 Å². The Morgan fingerprint density at radius 1 is 1.19 bits per heavy atom. The van der Waals surface area contributed by atoms with Crippen LogP contribution in [0.1, 0.15) is 42.2 Å². The standard InChI is InChI=1S/C18H24N6O.ClH/c25-18(16-7-11-24(22-16)15-4-3-8-19-13-15)21-14-5-6-17(20-12-14)23-9-1-2-10-23;/h5-7,11-12,15,19H,1-4,8-10,13H2,(H,21,25);1H. The quantitative estimate of drug-likeness (QED) is 0.857. The Balaban J connectivity index is 0.00000196. The van der Waals surface area contributed by atoms with E-state index < -0.39 is 0 Å². The van der Waals surface area contributed by atoms with Crippen molar-refractivity contribution in [3.63, 3.8) is 0 Å². The third-order valence-electron chi connectivity index (χ3n) is 4.92. The van der Waals surface area contributed by atoms with E-state index in [0.717, 1.165) is 44.8 Å². The summed E-state index contributed by atoms with van der Waals surface area (Å²) in [4.78, 5) is 19.1. The topological polar surface area (TPSA) is 75.1 Å². The number of carbonyl (C=O) groups excluding carboxylic acids is 1. The van der Waals surface area contributed by atoms with Gasteiger partial charge in [0.05, 0.1) is 17.9 Å². The van der Waals surface area contributed by atoms with Crippen molar-refractivity contribution < 1.29 is 4.79 Å². The highest BCUT2D eigenvalue weighted by atomic mass is 35.5. The third kappa shape index (κ3) is 4.16. The van der Waals surface area contributed by atoms with Gasteiger partial charge in [-0.2, -0.15) is 5.10 Å². The van der Waals surface area contributed by atoms with E-state index in [1.807, 2.05) is 23.0 Å². The SMILES string of the molecule is Cl.O=C(Nc1ccc(N2CCCC2)nc1)c1ccn(C2CCCNC2)n1. The van der Waals surface area contributed by atoms with E-state index in [9.17, 15) is 4.79 Å². The van der Waals surface area contributed by atoms with Crippen molar-refractivity contribution in [2.45, 2.75) is 31.7 Å². The lowest BCUT2D eigenvalue weighted by atomic mass is 10.1. The third-order valence-corrected chi connectivity index (χ3v) is 4.92. The van der Waals surface area contributed by atoms with Crippen LogP contribution in [0, 0.1) is 0 Å². The molecule has 8 heteroatoms. The molecule has 1 atom stereocenters. The predicted molar refractivity (Wildman–Crippen MR) is 104 cm³/mol. The molecule has 26 heavy (non-hydrogen) atoms. The lowest BCUT2D eigenvalue weighted by Gasteiger charge is -2.22. The number of halogens is 1. The monoisotopic (exact) mass is 376 g/mol. The van der Waals surface area contributed by atoms with Crippen LogP contribution in [0.15, 0.2) is 30.6 Å². The van der Waals surface area contributed by atoms with Crippen molar-refractivity contribution in [1.82, 2.24) is 20.1 Å². The molecule has 140 valence electrons. The van der Waals surface area contributed by atoms with E-state index in [1.54, 1.807) is 12.3 Å². The summed E-state index contributed by atoms with van der Waals surface area (Å²) in [5.41, 5.74) is 1.14. The van der Waals surface area contributed by atoms with Gasteiger partial charge in [-0.3, -0.25) is 9.48 Å². The Kier molecular flexibility index (Phi) is 6.11. The second-order valence-corrected chi connectivity index (χ2v) is 6.73. The zero-order chi connectivity index (χ0) is 17.1. The van der Waals surface area contributed by atoms with Crippen molar-refractivity contribution >= 4 is 29.8 Å². The average Bonchev–Trinajstić information content (AvgIpc) is 3.35. The maximum Gasteiger partial charge on any atom is 0.276 e. The molecule has 1 unspecified atom stereocenters. The van der Waals surface area contributed by atoms with Crippen LogP contribution in [0.3, 0.4) is 0 Å². The number of piperidine rings is 1. The first-order valence-electron chi connectivity index (χ1n) is 9.08. The number of hydrogen-bond acceptors (Lipinski definition) is 5. The summed E-state index contributed by atoms with van der Waals surface area (Å²) < 4.78 is 1.90. The van der Waals surface area contributed by atoms with E-state index in [4.69, 9.17) is 0 Å². The summed E-state index contributed by atoms with van der Waals surface area (Å²) in [6, 6.07) is 5.97. The fraction of sp³-hybridized carbons (Fsp3) is 0.500. The van der Waals surface area contributed by atoms with Crippen LogP contribution in [0.5, 0.6) is 0 Å². The molecule has 2 aromatic rings. The van der Waals surface area contributed by atoms with Gasteiger partial charge in [0.2, 0.25) is 0 Å². The number of amides is 1. The fourth-order valence-corrected chi connectivity index (χ4v) is 3.51. The maximum absolute atomic E-state index is 12.4. The highest BCUT2D eigenvalue weighted by Crippen LogP contribution is 2.20. The van der Waals surface area contributed by atoms with E-state index in [1.165, 1.54) is 12.8 Å². The molecule has 2 saturated heterocycles. The lowest BCUT2D eigenvalue weighted by Crippen LogP contribution is -2.32. The van der Waals surface area contributed by atoms with Crippen LogP contribution in [0.2, 0.25) is 0 Å². The molecule has 7 nitrogen and oxygen atoms in total. The Bertz CT molecular complexity index is 720. The Hall–Kier alpha value is -2.12. The van der Waals surface area contributed by atoms with Crippen LogP contribution >= 0.6 is 12.4 Å². The van der Waals surface area contributed by atoms with Gasteiger partial charge in [-0.1, -0.05) is 0 Å². The van der Waals surface area contributed by atoms with Gasteiger partial charge in [-0.25, -0.2) is 4.98 Å². The first kappa shape index (κ1) is 18.7. The second-order valence-electron chi connectivity index (χ2n) is 6.73. The Morgan fingerprint density at radius 2 is 2.04 bits per heavy atom. The van der Waals surface area contributed by atoms with Crippen LogP contribution in [-0.2, 0) is 0 Å². The van der Waals surface area contributed by atoms with Gasteiger partial charge in [-0.15, -0.1) is 12.4 Å². The van der Waals surface area contributed by atoms with Gasteiger partial charge in [-0.05, 0) is 50.4 Å². The smallest absolute Gasteiger partial charge is 0.276 e. The summed E-state index contributed by atoms with van der Waals surface area (Å²) >= 11 is 0. The summed E-state index contributed by atoms with van der Waals surface area (Å²) in [5.74, 6) is 0.780. The average molecular weight is 377 g/mol. The number of anilines is 2. The summed E-state index contributed by atoms with van der Waals surface area (Å²) in [6.07, 6.45) is 8.28. The molecule has 2 aliphatic heterocycles. The fourth-order valence-electron chi connectivity index (χ4n) is 3.51. The zero-order valence-electron chi connectivity index (χ0n) is 14.7. The van der Waals surface area contributed by atoms with E-state index in [0.29, 0.717) is 17.4 Å². The zero-order valence-corrected chi connectivity index (χ0v) is 15.5. The number of hydrogen-bond donors (Lipinski definition) is 2. The molecule has 2 aliphatic rings. The molecule has 2 aromatic heterocycles. The van der Waals surface area contributed by atoms with Crippen LogP contribution in [0.25, 0.3) is 0 Å². The van der Waals surface area contributed by atoms with E-state index >= 15 is 0 Å². The molecular weight excluding hydrogens is 352 g/mol. The van der Waals surface area contributed by atoms with Crippen molar-refractivity contribution in [3.8, 4) is 0 Å². The maximum atomic E-state index is 12.4. The lowest BCUT2D eigenvalue weighted by molar-refractivity contribution is 0.102. The number of carbonyl (C=O) groups is 1. The van der Waals surface area contributed by atoms with Crippen LogP contribution < -0.4 is 15.5 Å². The van der Waals surface area contributed by atoms with Gasteiger partial charge in [0, 0.05) is 25.8 Å². The Labute approximate surface area is 159 Å². The van der Waals surface area contributed by atoms with E-state index in [2.05, 4.69) is 25.6 Å². The number of pyridine rings is 1. The molecule has 4 heterocycles. The minimum absolute atomic E-state index is 0. The molecule has 0 aliphatic carbocycles. The largest absolute Gasteiger partial charge is 0.357 e. The van der Waals surface area contributed by atoms with Gasteiger partial charge in [0.1, 0.15) is 5.82 Å². The Morgan fingerprint density at radius 3 is 2.73 bits per heavy atom. The van der Waals surface area contributed by atoms with Crippen LogP contribution in [0.4, 0.5) is 11.5 Å². The molecule has 0 spiro atoms. The summed E-state index contributed by atoms with van der Waals surface area (Å²) in [5, 5.41) is 10.7.